The summed E-state index contributed by atoms with van der Waals surface area (Å²) >= 11 is 0. The summed E-state index contributed by atoms with van der Waals surface area (Å²) in [5, 5.41) is 0. The first-order chi connectivity index (χ1) is 8.85. The lowest BCUT2D eigenvalue weighted by Crippen LogP contribution is -2.47. The number of morpholine rings is 1. The summed E-state index contributed by atoms with van der Waals surface area (Å²) in [5.41, 5.74) is 4.40. The van der Waals surface area contributed by atoms with E-state index in [2.05, 4.69) is 0 Å². The molecule has 0 bridgehead atoms. The highest BCUT2D eigenvalue weighted by Crippen LogP contribution is 2.27. The number of hydrogen-bond donors (Lipinski definition) is 1. The predicted molar refractivity (Wildman–Crippen MR) is 64.9 cm³/mol. The minimum absolute atomic E-state index is 0.125. The third-order valence-electron chi connectivity index (χ3n) is 2.98. The molecule has 0 aromatic heterocycles. The van der Waals surface area contributed by atoms with E-state index in [4.69, 9.17) is 10.5 Å². The van der Waals surface area contributed by atoms with Crippen LogP contribution in [0, 0.1) is 11.6 Å². The molecule has 0 radical (unpaired) electrons. The van der Waals surface area contributed by atoms with Gasteiger partial charge in [0.2, 0.25) is 10.0 Å². The van der Waals surface area contributed by atoms with Crippen LogP contribution in [-0.4, -0.2) is 38.5 Å². The fourth-order valence-corrected chi connectivity index (χ4v) is 3.62. The van der Waals surface area contributed by atoms with Crippen molar-refractivity contribution in [3.63, 3.8) is 0 Å². The van der Waals surface area contributed by atoms with Gasteiger partial charge in [-0.25, -0.2) is 17.2 Å². The van der Waals surface area contributed by atoms with Gasteiger partial charge in [0, 0.05) is 12.6 Å². The zero-order valence-corrected chi connectivity index (χ0v) is 11.1. The molecule has 1 aliphatic heterocycles. The molecule has 8 heteroatoms. The Bertz CT molecular complexity index is 592. The summed E-state index contributed by atoms with van der Waals surface area (Å²) in [6.07, 6.45) is 0. The van der Waals surface area contributed by atoms with Crippen molar-refractivity contribution in [3.8, 4) is 0 Å². The number of sulfonamides is 1. The van der Waals surface area contributed by atoms with E-state index in [0.29, 0.717) is 0 Å². The zero-order valence-electron chi connectivity index (χ0n) is 10.3. The number of benzene rings is 1. The smallest absolute Gasteiger partial charge is 0.246 e. The Labute approximate surface area is 110 Å². The number of hydrogen-bond acceptors (Lipinski definition) is 4. The highest BCUT2D eigenvalue weighted by molar-refractivity contribution is 7.89. The van der Waals surface area contributed by atoms with Gasteiger partial charge in [0.15, 0.2) is 5.82 Å². The van der Waals surface area contributed by atoms with Gasteiger partial charge >= 0.3 is 0 Å². The van der Waals surface area contributed by atoms with E-state index in [-0.39, 0.29) is 19.8 Å². The molecule has 0 unspecified atom stereocenters. The normalized spacial score (nSPS) is 21.5. The van der Waals surface area contributed by atoms with Gasteiger partial charge < -0.3 is 10.5 Å². The molecule has 1 saturated heterocycles. The van der Waals surface area contributed by atoms with Crippen LogP contribution in [0.3, 0.4) is 0 Å². The lowest BCUT2D eigenvalue weighted by atomic mass is 10.3. The average molecular weight is 292 g/mol. The van der Waals surface area contributed by atoms with Gasteiger partial charge in [0.1, 0.15) is 16.4 Å². The summed E-state index contributed by atoms with van der Waals surface area (Å²) in [6.45, 7) is 2.25. The van der Waals surface area contributed by atoms with Crippen LogP contribution in [-0.2, 0) is 14.8 Å². The Morgan fingerprint density at radius 2 is 2.11 bits per heavy atom. The topological polar surface area (TPSA) is 72.6 Å². The van der Waals surface area contributed by atoms with Crippen LogP contribution in [0.2, 0.25) is 0 Å². The second kappa shape index (κ2) is 5.03. The second-order valence-corrected chi connectivity index (χ2v) is 6.17. The fourth-order valence-electron chi connectivity index (χ4n) is 1.94. The third kappa shape index (κ3) is 2.43. The monoisotopic (exact) mass is 292 g/mol. The summed E-state index contributed by atoms with van der Waals surface area (Å²) in [7, 11) is -4.05. The highest BCUT2D eigenvalue weighted by atomic mass is 32.2. The Kier molecular flexibility index (Phi) is 3.75. The van der Waals surface area contributed by atoms with Gasteiger partial charge in [-0.05, 0) is 19.1 Å². The highest BCUT2D eigenvalue weighted by Gasteiger charge is 2.34. The third-order valence-corrected chi connectivity index (χ3v) is 5.02. The van der Waals surface area contributed by atoms with Gasteiger partial charge in [0.05, 0.1) is 13.2 Å². The first kappa shape index (κ1) is 14.2. The molecular formula is C11H14F2N2O3S. The van der Waals surface area contributed by atoms with Crippen LogP contribution < -0.4 is 5.73 Å². The molecule has 0 amide bonds. The lowest BCUT2D eigenvalue weighted by Gasteiger charge is -2.32. The Morgan fingerprint density at radius 3 is 2.74 bits per heavy atom. The van der Waals surface area contributed by atoms with Crippen LogP contribution in [0.15, 0.2) is 17.0 Å². The zero-order chi connectivity index (χ0) is 14.2. The van der Waals surface area contributed by atoms with Crippen LogP contribution in [0.25, 0.3) is 0 Å². The number of rotatable bonds is 2. The standard InChI is InChI=1S/C11H14F2N2O3S/c1-7-6-18-5-4-15(7)19(16,17)9-3-2-8(12)11(14)10(9)13/h2-3,7H,4-6,14H2,1H3/t7-/m1/s1. The van der Waals surface area contributed by atoms with Crippen molar-refractivity contribution in [2.24, 2.45) is 0 Å². The molecule has 5 nitrogen and oxygen atoms in total. The molecular weight excluding hydrogens is 278 g/mol. The van der Waals surface area contributed by atoms with E-state index in [1.807, 2.05) is 0 Å². The largest absolute Gasteiger partial charge is 0.394 e. The van der Waals surface area contributed by atoms with Crippen molar-refractivity contribution < 1.29 is 21.9 Å². The van der Waals surface area contributed by atoms with Crippen molar-refractivity contribution in [1.82, 2.24) is 4.31 Å². The van der Waals surface area contributed by atoms with E-state index in [1.54, 1.807) is 6.92 Å². The summed E-state index contributed by atoms with van der Waals surface area (Å²) < 4.78 is 57.8. The van der Waals surface area contributed by atoms with Crippen molar-refractivity contribution in [2.75, 3.05) is 25.5 Å². The molecule has 0 spiro atoms. The van der Waals surface area contributed by atoms with Crippen LogP contribution in [0.4, 0.5) is 14.5 Å². The van der Waals surface area contributed by atoms with E-state index >= 15 is 0 Å². The Balaban J connectivity index is 2.48. The number of halogens is 2. The molecule has 2 N–H and O–H groups in total. The first-order valence-electron chi connectivity index (χ1n) is 5.68. The summed E-state index contributed by atoms with van der Waals surface area (Å²) in [4.78, 5) is -0.611. The van der Waals surface area contributed by atoms with Crippen LogP contribution >= 0.6 is 0 Å². The molecule has 0 aliphatic carbocycles. The quantitative estimate of drug-likeness (QED) is 0.824. The van der Waals surface area contributed by atoms with E-state index in [0.717, 1.165) is 16.4 Å². The van der Waals surface area contributed by atoms with E-state index in [9.17, 15) is 17.2 Å². The maximum absolute atomic E-state index is 13.8. The SMILES string of the molecule is C[C@@H]1COCCN1S(=O)(=O)c1ccc(F)c(N)c1F. The molecule has 0 saturated carbocycles. The maximum Gasteiger partial charge on any atom is 0.246 e. The Morgan fingerprint density at radius 1 is 1.42 bits per heavy atom. The number of nitrogens with two attached hydrogens (primary N) is 1. The molecule has 19 heavy (non-hydrogen) atoms. The minimum atomic E-state index is -4.05. The van der Waals surface area contributed by atoms with Gasteiger partial charge in [-0.1, -0.05) is 0 Å². The minimum Gasteiger partial charge on any atom is -0.394 e. The lowest BCUT2D eigenvalue weighted by molar-refractivity contribution is 0.0392. The molecule has 2 rings (SSSR count). The molecule has 1 aliphatic rings. The average Bonchev–Trinajstić information content (AvgIpc) is 2.36. The van der Waals surface area contributed by atoms with Crippen molar-refractivity contribution >= 4 is 15.7 Å². The molecule has 106 valence electrons. The van der Waals surface area contributed by atoms with Crippen LogP contribution in [0.5, 0.6) is 0 Å². The van der Waals surface area contributed by atoms with Crippen LogP contribution in [0.1, 0.15) is 6.92 Å². The van der Waals surface area contributed by atoms with Gasteiger partial charge in [-0.3, -0.25) is 0 Å². The number of nitrogens with zero attached hydrogens (tertiary/aromatic N) is 1. The van der Waals surface area contributed by atoms with Crippen molar-refractivity contribution in [2.45, 2.75) is 17.9 Å². The van der Waals surface area contributed by atoms with Gasteiger partial charge in [-0.15, -0.1) is 0 Å². The second-order valence-electron chi connectivity index (χ2n) is 4.31. The van der Waals surface area contributed by atoms with E-state index in [1.165, 1.54) is 0 Å². The summed E-state index contributed by atoms with van der Waals surface area (Å²) in [6, 6.07) is 1.32. The molecule has 1 atom stereocenters. The van der Waals surface area contributed by atoms with Gasteiger partial charge in [-0.2, -0.15) is 4.31 Å². The van der Waals surface area contributed by atoms with E-state index < -0.39 is 38.3 Å². The van der Waals surface area contributed by atoms with Crippen molar-refractivity contribution in [1.29, 1.82) is 0 Å². The number of anilines is 1. The number of nitrogen functional groups attached to an aromatic ring is 1. The fraction of sp³-hybridized carbons (Fsp3) is 0.455. The maximum atomic E-state index is 13.8. The molecule has 1 fully saturated rings. The van der Waals surface area contributed by atoms with Gasteiger partial charge in [0.25, 0.3) is 0 Å². The first-order valence-corrected chi connectivity index (χ1v) is 7.12. The Hall–Kier alpha value is -1.25. The molecule has 1 aromatic carbocycles. The predicted octanol–water partition coefficient (Wildman–Crippen LogP) is 0.956. The van der Waals surface area contributed by atoms with Crippen molar-refractivity contribution in [3.05, 3.63) is 23.8 Å². The number of ether oxygens (including phenoxy) is 1. The summed E-state index contributed by atoms with van der Waals surface area (Å²) in [5.74, 6) is -2.23. The molecule has 1 aromatic rings. The molecule has 1 heterocycles.